The van der Waals surface area contributed by atoms with Crippen LogP contribution in [0, 0.1) is 5.82 Å². The molecule has 8 heteroatoms. The molecule has 1 atom stereocenters. The van der Waals surface area contributed by atoms with Crippen LogP contribution in [-0.2, 0) is 11.3 Å². The van der Waals surface area contributed by atoms with Gasteiger partial charge in [-0.15, -0.1) is 0 Å². The highest BCUT2D eigenvalue weighted by molar-refractivity contribution is 6.33. The number of rotatable bonds is 5. The summed E-state index contributed by atoms with van der Waals surface area (Å²) >= 11 is 6.44. The van der Waals surface area contributed by atoms with E-state index in [9.17, 15) is 9.18 Å². The number of hydrogen-bond acceptors (Lipinski definition) is 6. The van der Waals surface area contributed by atoms with E-state index in [1.165, 1.54) is 25.4 Å². The minimum atomic E-state index is -0.435. The first-order chi connectivity index (χ1) is 15.4. The number of halogens is 2. The zero-order chi connectivity index (χ0) is 22.7. The topological polar surface area (TPSA) is 48.9 Å². The largest absolute Gasteiger partial charge is 0.465 e. The first-order valence-corrected chi connectivity index (χ1v) is 11.5. The molecule has 0 spiro atoms. The quantitative estimate of drug-likeness (QED) is 0.632. The smallest absolute Gasteiger partial charge is 0.339 e. The van der Waals surface area contributed by atoms with E-state index in [1.54, 1.807) is 6.07 Å². The Balaban J connectivity index is 1.30. The average Bonchev–Trinajstić information content (AvgIpc) is 2.80. The molecule has 0 radical (unpaired) electrons. The van der Waals surface area contributed by atoms with Crippen molar-refractivity contribution in [3.63, 3.8) is 0 Å². The molecule has 2 aliphatic heterocycles. The van der Waals surface area contributed by atoms with Crippen LogP contribution in [0.1, 0.15) is 35.7 Å². The van der Waals surface area contributed by atoms with Gasteiger partial charge in [-0.1, -0.05) is 23.7 Å². The van der Waals surface area contributed by atoms with E-state index in [2.05, 4.69) is 26.6 Å². The van der Waals surface area contributed by atoms with E-state index in [0.717, 1.165) is 63.5 Å². The van der Waals surface area contributed by atoms with E-state index >= 15 is 0 Å². The van der Waals surface area contributed by atoms with Gasteiger partial charge in [0.05, 0.1) is 17.7 Å². The van der Waals surface area contributed by atoms with Gasteiger partial charge in [-0.05, 0) is 56.6 Å². The van der Waals surface area contributed by atoms with Crippen molar-refractivity contribution >= 4 is 23.4 Å². The molecule has 1 aromatic heterocycles. The fourth-order valence-electron chi connectivity index (χ4n) is 4.86. The van der Waals surface area contributed by atoms with Gasteiger partial charge in [0.25, 0.3) is 0 Å². The van der Waals surface area contributed by atoms with Gasteiger partial charge in [0.2, 0.25) is 0 Å². The second-order valence-corrected chi connectivity index (χ2v) is 9.09. The molecule has 0 saturated carbocycles. The number of piperidine rings is 1. The van der Waals surface area contributed by atoms with Crippen molar-refractivity contribution in [2.75, 3.05) is 44.7 Å². The Kier molecular flexibility index (Phi) is 7.28. The number of anilines is 1. The lowest BCUT2D eigenvalue weighted by molar-refractivity contribution is 0.0600. The summed E-state index contributed by atoms with van der Waals surface area (Å²) in [5.74, 6) is 0.103. The molecule has 172 valence electrons. The van der Waals surface area contributed by atoms with Crippen LogP contribution < -0.4 is 4.90 Å². The zero-order valence-corrected chi connectivity index (χ0v) is 19.4. The maximum absolute atomic E-state index is 13.1. The maximum atomic E-state index is 13.1. The van der Waals surface area contributed by atoms with Crippen LogP contribution in [0.5, 0.6) is 0 Å². The number of aromatic nitrogens is 1. The van der Waals surface area contributed by atoms with Gasteiger partial charge in [-0.3, -0.25) is 9.80 Å². The van der Waals surface area contributed by atoms with Crippen molar-refractivity contribution in [2.24, 2.45) is 0 Å². The van der Waals surface area contributed by atoms with Gasteiger partial charge in [0, 0.05) is 44.5 Å². The van der Waals surface area contributed by atoms with E-state index in [0.29, 0.717) is 22.7 Å². The Labute approximate surface area is 193 Å². The van der Waals surface area contributed by atoms with E-state index in [-0.39, 0.29) is 5.82 Å². The number of pyridine rings is 1. The fraction of sp³-hybridized carbons (Fsp3) is 0.500. The van der Waals surface area contributed by atoms with Crippen molar-refractivity contribution in [3.05, 3.63) is 58.5 Å². The lowest BCUT2D eigenvalue weighted by atomic mass is 9.99. The predicted octanol–water partition coefficient (Wildman–Crippen LogP) is 3.84. The summed E-state index contributed by atoms with van der Waals surface area (Å²) in [5, 5.41) is 0.475. The number of carbonyl (C=O) groups is 1. The lowest BCUT2D eigenvalue weighted by Gasteiger charge is -2.47. The van der Waals surface area contributed by atoms with Crippen LogP contribution in [0.25, 0.3) is 0 Å². The van der Waals surface area contributed by atoms with Crippen LogP contribution in [-0.4, -0.2) is 72.7 Å². The van der Waals surface area contributed by atoms with Gasteiger partial charge in [0.1, 0.15) is 11.6 Å². The third-order valence-corrected chi connectivity index (χ3v) is 6.84. The maximum Gasteiger partial charge on any atom is 0.339 e. The molecule has 1 aromatic carbocycles. The minimum absolute atomic E-state index is 0.184. The average molecular weight is 461 g/mol. The number of esters is 1. The molecule has 0 N–H and O–H groups in total. The fourth-order valence-corrected chi connectivity index (χ4v) is 5.14. The van der Waals surface area contributed by atoms with Crippen molar-refractivity contribution < 1.29 is 13.9 Å². The lowest BCUT2D eigenvalue weighted by Crippen LogP contribution is -2.57. The predicted molar refractivity (Wildman–Crippen MR) is 124 cm³/mol. The Hall–Kier alpha value is -2.22. The van der Waals surface area contributed by atoms with Crippen molar-refractivity contribution in [2.45, 2.75) is 38.4 Å². The Morgan fingerprint density at radius 3 is 2.53 bits per heavy atom. The summed E-state index contributed by atoms with van der Waals surface area (Å²) in [4.78, 5) is 23.4. The first kappa shape index (κ1) is 23.0. The Morgan fingerprint density at radius 2 is 1.91 bits per heavy atom. The highest BCUT2D eigenvalue weighted by Crippen LogP contribution is 2.29. The zero-order valence-electron chi connectivity index (χ0n) is 18.6. The molecule has 32 heavy (non-hydrogen) atoms. The third-order valence-electron chi connectivity index (χ3n) is 6.57. The summed E-state index contributed by atoms with van der Waals surface area (Å²) in [5.41, 5.74) is 1.52. The molecule has 6 nitrogen and oxygen atoms in total. The molecule has 2 saturated heterocycles. The van der Waals surface area contributed by atoms with Gasteiger partial charge < -0.3 is 9.64 Å². The SMILES string of the molecule is COC(=O)c1cnc(N2CCN(C3CCN(Cc4ccc(F)cc4)CC3)[C@@H](C)C2)c(Cl)c1. The first-order valence-electron chi connectivity index (χ1n) is 11.2. The van der Waals surface area contributed by atoms with Crippen molar-refractivity contribution in [3.8, 4) is 0 Å². The molecule has 0 amide bonds. The molecule has 0 unspecified atom stereocenters. The molecule has 0 bridgehead atoms. The van der Waals surface area contributed by atoms with Crippen molar-refractivity contribution in [1.29, 1.82) is 0 Å². The molecule has 2 fully saturated rings. The molecule has 3 heterocycles. The minimum Gasteiger partial charge on any atom is -0.465 e. The number of likely N-dealkylation sites (tertiary alicyclic amines) is 1. The van der Waals surface area contributed by atoms with Gasteiger partial charge in [-0.25, -0.2) is 14.2 Å². The number of hydrogen-bond donors (Lipinski definition) is 0. The standard InChI is InChI=1S/C24H30ClFN4O2/c1-17-15-29(23-22(25)13-19(14-27-23)24(31)32-2)11-12-30(17)21-7-9-28(10-8-21)16-18-3-5-20(26)6-4-18/h3-6,13-14,17,21H,7-12,15-16H2,1-2H3/t17-/m0/s1. The number of ether oxygens (including phenoxy) is 1. The highest BCUT2D eigenvalue weighted by Gasteiger charge is 2.32. The second kappa shape index (κ2) is 10.1. The number of methoxy groups -OCH3 is 1. The summed E-state index contributed by atoms with van der Waals surface area (Å²) in [7, 11) is 1.35. The van der Waals surface area contributed by atoms with E-state index < -0.39 is 5.97 Å². The van der Waals surface area contributed by atoms with Crippen LogP contribution in [0.4, 0.5) is 10.2 Å². The monoisotopic (exact) mass is 460 g/mol. The molecule has 4 rings (SSSR count). The van der Waals surface area contributed by atoms with Crippen LogP contribution in [0.2, 0.25) is 5.02 Å². The number of carbonyl (C=O) groups excluding carboxylic acids is 1. The van der Waals surface area contributed by atoms with Crippen molar-refractivity contribution in [1.82, 2.24) is 14.8 Å². The highest BCUT2D eigenvalue weighted by atomic mass is 35.5. The molecule has 0 aliphatic carbocycles. The number of benzene rings is 1. The summed E-state index contributed by atoms with van der Waals surface area (Å²) in [6.07, 6.45) is 3.80. The van der Waals surface area contributed by atoms with Gasteiger partial charge in [0.15, 0.2) is 0 Å². The Morgan fingerprint density at radius 1 is 1.19 bits per heavy atom. The van der Waals surface area contributed by atoms with Crippen LogP contribution >= 0.6 is 11.6 Å². The summed E-state index contributed by atoms with van der Waals surface area (Å²) in [6.45, 7) is 7.90. The number of nitrogens with zero attached hydrogens (tertiary/aromatic N) is 4. The summed E-state index contributed by atoms with van der Waals surface area (Å²) in [6, 6.07) is 9.40. The van der Waals surface area contributed by atoms with Crippen LogP contribution in [0.3, 0.4) is 0 Å². The Bertz CT molecular complexity index is 934. The van der Waals surface area contributed by atoms with Gasteiger partial charge in [-0.2, -0.15) is 0 Å². The van der Waals surface area contributed by atoms with E-state index in [4.69, 9.17) is 16.3 Å². The molecular formula is C24H30ClFN4O2. The third kappa shape index (κ3) is 5.22. The second-order valence-electron chi connectivity index (χ2n) is 8.69. The number of piperazine rings is 1. The summed E-state index contributed by atoms with van der Waals surface area (Å²) < 4.78 is 17.9. The van der Waals surface area contributed by atoms with Crippen LogP contribution in [0.15, 0.2) is 36.5 Å². The van der Waals surface area contributed by atoms with E-state index in [1.807, 2.05) is 12.1 Å². The molecule has 2 aliphatic rings. The molecule has 2 aromatic rings. The van der Waals surface area contributed by atoms with Gasteiger partial charge >= 0.3 is 5.97 Å². The normalized spacial score (nSPS) is 21.0. The molecular weight excluding hydrogens is 431 g/mol.